The summed E-state index contributed by atoms with van der Waals surface area (Å²) in [6.45, 7) is 5.91. The van der Waals surface area contributed by atoms with E-state index in [9.17, 15) is 14.7 Å². The van der Waals surface area contributed by atoms with Crippen molar-refractivity contribution >= 4 is 28.6 Å². The zero-order valence-corrected chi connectivity index (χ0v) is 15.9. The maximum Gasteiger partial charge on any atom is 0.328 e. The van der Waals surface area contributed by atoms with E-state index in [1.54, 1.807) is 35.4 Å². The summed E-state index contributed by atoms with van der Waals surface area (Å²) in [5, 5.41) is 20.2. The number of rotatable bonds is 7. The van der Waals surface area contributed by atoms with Gasteiger partial charge in [0.05, 0.1) is 22.8 Å². The second kappa shape index (κ2) is 7.63. The molecular weight excluding hydrogens is 360 g/mol. The first-order chi connectivity index (χ1) is 13.3. The third kappa shape index (κ3) is 3.78. The van der Waals surface area contributed by atoms with Crippen molar-refractivity contribution in [2.24, 2.45) is 0 Å². The molecule has 9 heteroatoms. The number of hydrogen-bond donors (Lipinski definition) is 3. The van der Waals surface area contributed by atoms with E-state index in [1.165, 1.54) is 20.0 Å². The largest absolute Gasteiger partial charge is 0.480 e. The zero-order valence-electron chi connectivity index (χ0n) is 15.9. The van der Waals surface area contributed by atoms with Gasteiger partial charge in [0.1, 0.15) is 5.54 Å². The molecule has 3 aromatic rings. The molecule has 0 saturated heterocycles. The average molecular weight is 382 g/mol. The number of carbonyl (C=O) groups is 2. The zero-order chi connectivity index (χ0) is 20.3. The van der Waals surface area contributed by atoms with Crippen molar-refractivity contribution in [2.45, 2.75) is 39.4 Å². The Morgan fingerprint density at radius 3 is 2.57 bits per heavy atom. The summed E-state index contributed by atoms with van der Waals surface area (Å²) in [5.41, 5.74) is 0.840. The standard InChI is InChI=1S/C19H22N6O3/c1-4-25-16-13(11-23-25)15(24-19(2,3)18(27)28)14(10-21-16)17(26)22-9-12-5-7-20-8-6-12/h5-8,10-11H,4,9H2,1-3H3,(H,21,24)(H,22,26)(H,27,28). The molecule has 0 unspecified atom stereocenters. The van der Waals surface area contributed by atoms with E-state index in [2.05, 4.69) is 25.7 Å². The maximum absolute atomic E-state index is 12.8. The Labute approximate surface area is 161 Å². The highest BCUT2D eigenvalue weighted by atomic mass is 16.4. The molecule has 0 bridgehead atoms. The lowest BCUT2D eigenvalue weighted by Crippen LogP contribution is -2.40. The highest BCUT2D eigenvalue weighted by Crippen LogP contribution is 2.29. The van der Waals surface area contributed by atoms with Gasteiger partial charge < -0.3 is 15.7 Å². The van der Waals surface area contributed by atoms with Crippen LogP contribution in [0.4, 0.5) is 5.69 Å². The summed E-state index contributed by atoms with van der Waals surface area (Å²) in [7, 11) is 0. The van der Waals surface area contributed by atoms with Gasteiger partial charge in [-0.3, -0.25) is 9.78 Å². The van der Waals surface area contributed by atoms with Crippen LogP contribution in [0.3, 0.4) is 0 Å². The number of aryl methyl sites for hydroxylation is 1. The van der Waals surface area contributed by atoms with Crippen molar-refractivity contribution < 1.29 is 14.7 Å². The van der Waals surface area contributed by atoms with Crippen molar-refractivity contribution in [3.8, 4) is 0 Å². The molecule has 0 spiro atoms. The smallest absolute Gasteiger partial charge is 0.328 e. The number of aromatic nitrogens is 4. The summed E-state index contributed by atoms with van der Waals surface area (Å²) in [6, 6.07) is 3.61. The number of pyridine rings is 2. The molecule has 0 aliphatic carbocycles. The molecule has 0 aliphatic rings. The number of carboxylic acids is 1. The van der Waals surface area contributed by atoms with E-state index in [-0.39, 0.29) is 11.5 Å². The van der Waals surface area contributed by atoms with Crippen LogP contribution >= 0.6 is 0 Å². The molecule has 28 heavy (non-hydrogen) atoms. The minimum atomic E-state index is -1.29. The van der Waals surface area contributed by atoms with Gasteiger partial charge in [0.25, 0.3) is 5.91 Å². The molecule has 9 nitrogen and oxygen atoms in total. The summed E-state index contributed by atoms with van der Waals surface area (Å²) < 4.78 is 1.69. The molecule has 0 radical (unpaired) electrons. The third-order valence-electron chi connectivity index (χ3n) is 4.38. The quantitative estimate of drug-likeness (QED) is 0.571. The fourth-order valence-electron chi connectivity index (χ4n) is 2.71. The number of carboxylic acid groups (broad SMARTS) is 1. The molecule has 0 fully saturated rings. The number of carbonyl (C=O) groups excluding carboxylic acids is 1. The van der Waals surface area contributed by atoms with Crippen molar-refractivity contribution in [3.05, 3.63) is 48.0 Å². The number of nitrogens with one attached hydrogen (secondary N) is 2. The fourth-order valence-corrected chi connectivity index (χ4v) is 2.71. The van der Waals surface area contributed by atoms with E-state index in [0.29, 0.717) is 29.8 Å². The second-order valence-electron chi connectivity index (χ2n) is 6.84. The SMILES string of the molecule is CCn1ncc2c(NC(C)(C)C(=O)O)c(C(=O)NCc3ccncc3)cnc21. The van der Waals surface area contributed by atoms with Crippen LogP contribution in [0, 0.1) is 0 Å². The number of amides is 1. The number of fused-ring (bicyclic) bond motifs is 1. The summed E-state index contributed by atoms with van der Waals surface area (Å²) >= 11 is 0. The van der Waals surface area contributed by atoms with E-state index in [1.807, 2.05) is 6.92 Å². The number of hydrogen-bond acceptors (Lipinski definition) is 6. The van der Waals surface area contributed by atoms with Gasteiger partial charge in [-0.1, -0.05) is 0 Å². The van der Waals surface area contributed by atoms with Crippen LogP contribution in [0.5, 0.6) is 0 Å². The Bertz CT molecular complexity index is 1010. The van der Waals surface area contributed by atoms with Gasteiger partial charge in [0, 0.05) is 31.7 Å². The lowest BCUT2D eigenvalue weighted by atomic mass is 10.0. The van der Waals surface area contributed by atoms with Crippen molar-refractivity contribution in [1.82, 2.24) is 25.1 Å². The molecule has 1 amide bonds. The molecule has 3 rings (SSSR count). The van der Waals surface area contributed by atoms with Gasteiger partial charge >= 0.3 is 5.97 Å². The van der Waals surface area contributed by atoms with Crippen LogP contribution < -0.4 is 10.6 Å². The predicted octanol–water partition coefficient (Wildman–Crippen LogP) is 2.05. The van der Waals surface area contributed by atoms with Gasteiger partial charge in [-0.2, -0.15) is 5.10 Å². The first kappa shape index (κ1) is 19.3. The van der Waals surface area contributed by atoms with Crippen LogP contribution in [0.15, 0.2) is 36.9 Å². The highest BCUT2D eigenvalue weighted by molar-refractivity contribution is 6.07. The second-order valence-corrected chi connectivity index (χ2v) is 6.84. The minimum absolute atomic E-state index is 0.256. The van der Waals surface area contributed by atoms with Gasteiger partial charge in [-0.15, -0.1) is 0 Å². The lowest BCUT2D eigenvalue weighted by Gasteiger charge is -2.24. The number of aliphatic carboxylic acids is 1. The van der Waals surface area contributed by atoms with Crippen LogP contribution in [-0.2, 0) is 17.9 Å². The van der Waals surface area contributed by atoms with Gasteiger partial charge in [-0.05, 0) is 38.5 Å². The normalized spacial score (nSPS) is 11.4. The molecule has 3 aromatic heterocycles. The van der Waals surface area contributed by atoms with Crippen LogP contribution in [-0.4, -0.2) is 42.3 Å². The molecule has 0 saturated carbocycles. The minimum Gasteiger partial charge on any atom is -0.480 e. The van der Waals surface area contributed by atoms with Crippen molar-refractivity contribution in [1.29, 1.82) is 0 Å². The first-order valence-electron chi connectivity index (χ1n) is 8.86. The summed E-state index contributed by atoms with van der Waals surface area (Å²) in [5.74, 6) is -1.40. The molecule has 0 atom stereocenters. The molecule has 0 aromatic carbocycles. The predicted molar refractivity (Wildman–Crippen MR) is 104 cm³/mol. The van der Waals surface area contributed by atoms with Gasteiger partial charge in [-0.25, -0.2) is 14.5 Å². The Morgan fingerprint density at radius 2 is 1.93 bits per heavy atom. The topological polar surface area (TPSA) is 122 Å². The van der Waals surface area contributed by atoms with E-state index in [4.69, 9.17) is 0 Å². The van der Waals surface area contributed by atoms with Gasteiger partial charge in [0.2, 0.25) is 0 Å². The summed E-state index contributed by atoms with van der Waals surface area (Å²) in [4.78, 5) is 32.8. The van der Waals surface area contributed by atoms with Crippen LogP contribution in [0.2, 0.25) is 0 Å². The molecule has 0 aliphatic heterocycles. The first-order valence-corrected chi connectivity index (χ1v) is 8.86. The monoisotopic (exact) mass is 382 g/mol. The van der Waals surface area contributed by atoms with Crippen molar-refractivity contribution in [3.63, 3.8) is 0 Å². The number of anilines is 1. The van der Waals surface area contributed by atoms with E-state index >= 15 is 0 Å². The van der Waals surface area contributed by atoms with E-state index in [0.717, 1.165) is 5.56 Å². The Balaban J connectivity index is 1.99. The van der Waals surface area contributed by atoms with Crippen molar-refractivity contribution in [2.75, 3.05) is 5.32 Å². The average Bonchev–Trinajstić information content (AvgIpc) is 3.10. The highest BCUT2D eigenvalue weighted by Gasteiger charge is 2.30. The molecule has 3 heterocycles. The Kier molecular flexibility index (Phi) is 5.25. The fraction of sp³-hybridized carbons (Fsp3) is 0.316. The van der Waals surface area contributed by atoms with Gasteiger partial charge in [0.15, 0.2) is 5.65 Å². The van der Waals surface area contributed by atoms with Crippen LogP contribution in [0.1, 0.15) is 36.7 Å². The Morgan fingerprint density at radius 1 is 1.21 bits per heavy atom. The maximum atomic E-state index is 12.8. The summed E-state index contributed by atoms with van der Waals surface area (Å²) in [6.07, 6.45) is 6.33. The number of nitrogens with zero attached hydrogens (tertiary/aromatic N) is 4. The molecule has 146 valence electrons. The lowest BCUT2D eigenvalue weighted by molar-refractivity contribution is -0.141. The molecular formula is C19H22N6O3. The van der Waals surface area contributed by atoms with Crippen LogP contribution in [0.25, 0.3) is 11.0 Å². The Hall–Kier alpha value is -3.49. The molecule has 3 N–H and O–H groups in total. The van der Waals surface area contributed by atoms with E-state index < -0.39 is 11.5 Å². The third-order valence-corrected chi connectivity index (χ3v) is 4.38.